The maximum absolute atomic E-state index is 12.9. The lowest BCUT2D eigenvalue weighted by molar-refractivity contribution is -0.146. The molecule has 3 N–H and O–H groups in total. The van der Waals surface area contributed by atoms with Gasteiger partial charge < -0.3 is 16.0 Å². The predicted octanol–water partition coefficient (Wildman–Crippen LogP) is 3.96. The average Bonchev–Trinajstić information content (AvgIpc) is 2.62. The topological polar surface area (TPSA) is 87.3 Å². The van der Waals surface area contributed by atoms with Crippen LogP contribution in [-0.2, 0) is 14.4 Å². The highest BCUT2D eigenvalue weighted by Crippen LogP contribution is 2.60. The minimum absolute atomic E-state index is 0.141. The second-order valence-corrected chi connectivity index (χ2v) is 9.53. The van der Waals surface area contributed by atoms with Gasteiger partial charge in [-0.3, -0.25) is 14.4 Å². The third-order valence-corrected chi connectivity index (χ3v) is 7.03. The molecule has 0 heterocycles. The summed E-state index contributed by atoms with van der Waals surface area (Å²) >= 11 is 6.18. The van der Waals surface area contributed by atoms with E-state index < -0.39 is 0 Å². The molecule has 0 radical (unpaired) electrons. The Morgan fingerprint density at radius 3 is 2.21 bits per heavy atom. The molecule has 4 bridgehead atoms. The van der Waals surface area contributed by atoms with Gasteiger partial charge in [-0.25, -0.2) is 0 Å². The standard InChI is InChI=1S/C22H28ClN3O3/c1-13(27)25-17-2-3-19(18(23)9-17)26-20(28)4-5-24-21(29)22-10-14-6-15(11-22)8-16(7-14)12-22/h2-3,9,14-16H,4-8,10-12H2,1H3,(H,24,29)(H,25,27)(H,26,28). The Kier molecular flexibility index (Phi) is 5.56. The van der Waals surface area contributed by atoms with Gasteiger partial charge in [0.2, 0.25) is 17.7 Å². The van der Waals surface area contributed by atoms with E-state index in [-0.39, 0.29) is 29.6 Å². The Hall–Kier alpha value is -2.08. The smallest absolute Gasteiger partial charge is 0.226 e. The van der Waals surface area contributed by atoms with Crippen molar-refractivity contribution < 1.29 is 14.4 Å². The number of amides is 3. The molecule has 0 atom stereocenters. The minimum Gasteiger partial charge on any atom is -0.355 e. The number of hydrogen-bond donors (Lipinski definition) is 3. The van der Waals surface area contributed by atoms with Crippen LogP contribution in [0.3, 0.4) is 0 Å². The van der Waals surface area contributed by atoms with Crippen molar-refractivity contribution in [3.8, 4) is 0 Å². The Balaban J connectivity index is 1.26. The van der Waals surface area contributed by atoms with Crippen molar-refractivity contribution in [3.05, 3.63) is 23.2 Å². The summed E-state index contributed by atoms with van der Waals surface area (Å²) < 4.78 is 0. The lowest BCUT2D eigenvalue weighted by Crippen LogP contribution is -2.53. The van der Waals surface area contributed by atoms with Crippen LogP contribution in [0.2, 0.25) is 5.02 Å². The van der Waals surface area contributed by atoms with Gasteiger partial charge in [0.25, 0.3) is 0 Å². The Morgan fingerprint density at radius 1 is 1.03 bits per heavy atom. The Morgan fingerprint density at radius 2 is 1.66 bits per heavy atom. The van der Waals surface area contributed by atoms with E-state index in [0.29, 0.717) is 22.9 Å². The number of rotatable bonds is 6. The van der Waals surface area contributed by atoms with Gasteiger partial charge in [-0.05, 0) is 74.5 Å². The molecule has 4 aliphatic rings. The van der Waals surface area contributed by atoms with Gasteiger partial charge in [0.1, 0.15) is 0 Å². The number of hydrogen-bond acceptors (Lipinski definition) is 3. The number of carbonyl (C=O) groups is 3. The van der Waals surface area contributed by atoms with Gasteiger partial charge in [0, 0.05) is 31.0 Å². The van der Waals surface area contributed by atoms with Gasteiger partial charge in [0.05, 0.1) is 10.7 Å². The molecule has 3 amide bonds. The number of carbonyl (C=O) groups excluding carboxylic acids is 3. The van der Waals surface area contributed by atoms with Crippen molar-refractivity contribution in [3.63, 3.8) is 0 Å². The first-order valence-electron chi connectivity index (χ1n) is 10.5. The third-order valence-electron chi connectivity index (χ3n) is 6.72. The van der Waals surface area contributed by atoms with Crippen LogP contribution in [0.25, 0.3) is 0 Å². The molecule has 1 aromatic carbocycles. The van der Waals surface area contributed by atoms with Crippen LogP contribution < -0.4 is 16.0 Å². The number of nitrogens with one attached hydrogen (secondary N) is 3. The molecular formula is C22H28ClN3O3. The van der Waals surface area contributed by atoms with Gasteiger partial charge in [-0.2, -0.15) is 0 Å². The summed E-state index contributed by atoms with van der Waals surface area (Å²) in [5.74, 6) is 1.91. The molecule has 29 heavy (non-hydrogen) atoms. The summed E-state index contributed by atoms with van der Waals surface area (Å²) in [7, 11) is 0. The van der Waals surface area contributed by atoms with Crippen LogP contribution >= 0.6 is 11.6 Å². The minimum atomic E-state index is -0.204. The normalized spacial score (nSPS) is 29.4. The van der Waals surface area contributed by atoms with Crippen molar-refractivity contribution in [2.75, 3.05) is 17.2 Å². The lowest BCUT2D eigenvalue weighted by Gasteiger charge is -2.55. The van der Waals surface area contributed by atoms with Crippen molar-refractivity contribution in [1.82, 2.24) is 5.32 Å². The first-order valence-corrected chi connectivity index (χ1v) is 10.9. The van der Waals surface area contributed by atoms with Crippen molar-refractivity contribution in [2.45, 2.75) is 51.9 Å². The molecule has 0 saturated heterocycles. The molecule has 0 unspecified atom stereocenters. The van der Waals surface area contributed by atoms with E-state index in [2.05, 4.69) is 16.0 Å². The summed E-state index contributed by atoms with van der Waals surface area (Å²) in [5.41, 5.74) is 0.871. The van der Waals surface area contributed by atoms with Crippen molar-refractivity contribution in [1.29, 1.82) is 0 Å². The van der Waals surface area contributed by atoms with Crippen LogP contribution in [0, 0.1) is 23.2 Å². The SMILES string of the molecule is CC(=O)Nc1ccc(NC(=O)CCNC(=O)C23CC4CC(CC(C4)C2)C3)c(Cl)c1. The molecule has 5 rings (SSSR count). The fourth-order valence-electron chi connectivity index (χ4n) is 5.98. The van der Waals surface area contributed by atoms with Gasteiger partial charge in [-0.1, -0.05) is 11.6 Å². The zero-order valence-electron chi connectivity index (χ0n) is 16.7. The van der Waals surface area contributed by atoms with Crippen LogP contribution in [0.4, 0.5) is 11.4 Å². The van der Waals surface area contributed by atoms with Crippen molar-refractivity contribution in [2.24, 2.45) is 23.2 Å². The van der Waals surface area contributed by atoms with Crippen LogP contribution in [0.5, 0.6) is 0 Å². The van der Waals surface area contributed by atoms with Gasteiger partial charge >= 0.3 is 0 Å². The summed E-state index contributed by atoms with van der Waals surface area (Å²) in [4.78, 5) is 36.3. The van der Waals surface area contributed by atoms with E-state index in [1.165, 1.54) is 26.2 Å². The Bertz CT molecular complexity index is 803. The van der Waals surface area contributed by atoms with E-state index in [9.17, 15) is 14.4 Å². The largest absolute Gasteiger partial charge is 0.355 e. The zero-order valence-corrected chi connectivity index (χ0v) is 17.5. The summed E-state index contributed by atoms with van der Waals surface area (Å²) in [6.45, 7) is 1.75. The lowest BCUT2D eigenvalue weighted by atomic mass is 9.49. The summed E-state index contributed by atoms with van der Waals surface area (Å²) in [5, 5.41) is 8.78. The fourth-order valence-corrected chi connectivity index (χ4v) is 6.20. The van der Waals surface area contributed by atoms with E-state index in [0.717, 1.165) is 37.0 Å². The molecular weight excluding hydrogens is 390 g/mol. The van der Waals surface area contributed by atoms with E-state index in [4.69, 9.17) is 11.6 Å². The summed E-state index contributed by atoms with van der Waals surface area (Å²) in [6.07, 6.45) is 7.17. The van der Waals surface area contributed by atoms with Gasteiger partial charge in [0.15, 0.2) is 0 Å². The second-order valence-electron chi connectivity index (χ2n) is 9.13. The highest BCUT2D eigenvalue weighted by molar-refractivity contribution is 6.34. The molecule has 4 saturated carbocycles. The Labute approximate surface area is 176 Å². The molecule has 0 spiro atoms. The van der Waals surface area contributed by atoms with Gasteiger partial charge in [-0.15, -0.1) is 0 Å². The molecule has 0 aromatic heterocycles. The van der Waals surface area contributed by atoms with Crippen LogP contribution in [0.15, 0.2) is 18.2 Å². The molecule has 1 aromatic rings. The molecule has 6 nitrogen and oxygen atoms in total. The molecule has 7 heteroatoms. The maximum Gasteiger partial charge on any atom is 0.226 e. The first-order chi connectivity index (χ1) is 13.8. The zero-order chi connectivity index (χ0) is 20.6. The third kappa shape index (κ3) is 4.42. The number of anilines is 2. The predicted molar refractivity (Wildman–Crippen MR) is 113 cm³/mol. The number of benzene rings is 1. The van der Waals surface area contributed by atoms with Crippen molar-refractivity contribution >= 4 is 40.7 Å². The fraction of sp³-hybridized carbons (Fsp3) is 0.591. The average molecular weight is 418 g/mol. The molecule has 0 aliphatic heterocycles. The van der Waals surface area contributed by atoms with E-state index >= 15 is 0 Å². The highest BCUT2D eigenvalue weighted by atomic mass is 35.5. The summed E-state index contributed by atoms with van der Waals surface area (Å²) in [6, 6.07) is 4.92. The van der Waals surface area contributed by atoms with E-state index in [1.807, 2.05) is 0 Å². The molecule has 156 valence electrons. The van der Waals surface area contributed by atoms with E-state index in [1.54, 1.807) is 18.2 Å². The second kappa shape index (κ2) is 7.98. The molecule has 4 fully saturated rings. The quantitative estimate of drug-likeness (QED) is 0.654. The maximum atomic E-state index is 12.9. The van der Waals surface area contributed by atoms with Crippen LogP contribution in [0.1, 0.15) is 51.9 Å². The molecule has 4 aliphatic carbocycles. The first kappa shape index (κ1) is 20.2. The van der Waals surface area contributed by atoms with Crippen LogP contribution in [-0.4, -0.2) is 24.3 Å². The monoisotopic (exact) mass is 417 g/mol. The highest BCUT2D eigenvalue weighted by Gasteiger charge is 2.54. The number of halogens is 1.